The molecule has 1 heterocycles. The molecular formula is C16H24N2O. The Morgan fingerprint density at radius 2 is 1.95 bits per heavy atom. The van der Waals surface area contributed by atoms with E-state index in [0.29, 0.717) is 12.2 Å². The predicted molar refractivity (Wildman–Crippen MR) is 77.7 cm³/mol. The van der Waals surface area contributed by atoms with Crippen molar-refractivity contribution in [1.82, 2.24) is 4.90 Å². The average Bonchev–Trinajstić information content (AvgIpc) is 2.47. The number of benzene rings is 1. The first-order valence-electron chi connectivity index (χ1n) is 7.27. The van der Waals surface area contributed by atoms with E-state index < -0.39 is 0 Å². The van der Waals surface area contributed by atoms with Crippen LogP contribution in [-0.2, 0) is 11.2 Å². The maximum atomic E-state index is 12.3. The van der Waals surface area contributed by atoms with Gasteiger partial charge in [-0.3, -0.25) is 9.69 Å². The van der Waals surface area contributed by atoms with E-state index in [1.807, 2.05) is 30.3 Å². The van der Waals surface area contributed by atoms with E-state index in [2.05, 4.69) is 11.8 Å². The van der Waals surface area contributed by atoms with Gasteiger partial charge in [-0.1, -0.05) is 37.3 Å². The van der Waals surface area contributed by atoms with Crippen molar-refractivity contribution in [2.45, 2.75) is 38.8 Å². The second-order valence-electron chi connectivity index (χ2n) is 5.41. The van der Waals surface area contributed by atoms with Crippen LogP contribution in [0.4, 0.5) is 0 Å². The molecule has 0 amide bonds. The number of likely N-dealkylation sites (tertiary alicyclic amines) is 1. The van der Waals surface area contributed by atoms with E-state index in [0.717, 1.165) is 37.9 Å². The molecule has 3 nitrogen and oxygen atoms in total. The van der Waals surface area contributed by atoms with Crippen molar-refractivity contribution in [3.63, 3.8) is 0 Å². The molecule has 0 aliphatic carbocycles. The summed E-state index contributed by atoms with van der Waals surface area (Å²) in [5.41, 5.74) is 7.16. The zero-order valence-electron chi connectivity index (χ0n) is 11.7. The van der Waals surface area contributed by atoms with Crippen molar-refractivity contribution in [3.8, 4) is 0 Å². The summed E-state index contributed by atoms with van der Waals surface area (Å²) in [6.07, 6.45) is 3.62. The molecule has 1 aliphatic rings. The van der Waals surface area contributed by atoms with Gasteiger partial charge in [0.25, 0.3) is 0 Å². The van der Waals surface area contributed by atoms with Crippen LogP contribution in [0.25, 0.3) is 0 Å². The number of rotatable bonds is 5. The molecule has 2 N–H and O–H groups in total. The number of piperidine rings is 1. The van der Waals surface area contributed by atoms with Crippen LogP contribution in [0.2, 0.25) is 0 Å². The number of nitrogens with zero attached hydrogens (tertiary/aromatic N) is 1. The number of nitrogens with two attached hydrogens (primary N) is 1. The molecule has 0 radical (unpaired) electrons. The van der Waals surface area contributed by atoms with Crippen molar-refractivity contribution in [2.24, 2.45) is 11.7 Å². The van der Waals surface area contributed by atoms with E-state index in [1.165, 1.54) is 0 Å². The van der Waals surface area contributed by atoms with Gasteiger partial charge in [0.2, 0.25) is 0 Å². The Morgan fingerprint density at radius 3 is 2.53 bits per heavy atom. The summed E-state index contributed by atoms with van der Waals surface area (Å²) in [7, 11) is 0. The number of hydrogen-bond donors (Lipinski definition) is 1. The minimum Gasteiger partial charge on any atom is -0.316 e. The van der Waals surface area contributed by atoms with E-state index in [4.69, 9.17) is 5.73 Å². The Labute approximate surface area is 115 Å². The van der Waals surface area contributed by atoms with E-state index >= 15 is 0 Å². The van der Waals surface area contributed by atoms with E-state index in [1.54, 1.807) is 0 Å². The van der Waals surface area contributed by atoms with Crippen molar-refractivity contribution in [1.29, 1.82) is 0 Å². The standard InChI is InChI=1S/C16H24N2O/c1-2-16(17)18-10-8-14(9-11-18)15(19)12-13-6-4-3-5-7-13/h3-7,14,16H,2,8-12,17H2,1H3. The van der Waals surface area contributed by atoms with Gasteiger partial charge in [-0.2, -0.15) is 0 Å². The number of carbonyl (C=O) groups is 1. The smallest absolute Gasteiger partial charge is 0.140 e. The highest BCUT2D eigenvalue weighted by molar-refractivity contribution is 5.83. The molecule has 0 aromatic heterocycles. The first kappa shape index (κ1) is 14.2. The lowest BCUT2D eigenvalue weighted by molar-refractivity contribution is -0.123. The minimum atomic E-state index is 0.158. The van der Waals surface area contributed by atoms with Crippen molar-refractivity contribution < 1.29 is 4.79 Å². The van der Waals surface area contributed by atoms with Crippen LogP contribution < -0.4 is 5.73 Å². The van der Waals surface area contributed by atoms with Gasteiger partial charge < -0.3 is 5.73 Å². The molecule has 1 aromatic carbocycles. The second-order valence-corrected chi connectivity index (χ2v) is 5.41. The molecule has 2 rings (SSSR count). The monoisotopic (exact) mass is 260 g/mol. The summed E-state index contributed by atoms with van der Waals surface area (Å²) >= 11 is 0. The van der Waals surface area contributed by atoms with Gasteiger partial charge in [0.15, 0.2) is 0 Å². The number of ketones is 1. The third-order valence-electron chi connectivity index (χ3n) is 4.09. The minimum absolute atomic E-state index is 0.158. The van der Waals surface area contributed by atoms with Crippen LogP contribution >= 0.6 is 0 Å². The fourth-order valence-electron chi connectivity index (χ4n) is 2.75. The molecule has 1 saturated heterocycles. The number of hydrogen-bond acceptors (Lipinski definition) is 3. The quantitative estimate of drug-likeness (QED) is 0.883. The summed E-state index contributed by atoms with van der Waals surface area (Å²) in [5.74, 6) is 0.608. The fourth-order valence-corrected chi connectivity index (χ4v) is 2.75. The van der Waals surface area contributed by atoms with E-state index in [9.17, 15) is 4.79 Å². The van der Waals surface area contributed by atoms with Crippen LogP contribution in [0.5, 0.6) is 0 Å². The predicted octanol–water partition coefficient (Wildman–Crippen LogP) is 2.20. The lowest BCUT2D eigenvalue weighted by Gasteiger charge is -2.34. The molecule has 0 spiro atoms. The molecule has 3 heteroatoms. The summed E-state index contributed by atoms with van der Waals surface area (Å²) in [6, 6.07) is 10.0. The van der Waals surface area contributed by atoms with Gasteiger partial charge in [0, 0.05) is 25.4 Å². The Kier molecular flexibility index (Phi) is 5.11. The van der Waals surface area contributed by atoms with Gasteiger partial charge in [-0.25, -0.2) is 0 Å². The Morgan fingerprint density at radius 1 is 1.32 bits per heavy atom. The zero-order chi connectivity index (χ0) is 13.7. The van der Waals surface area contributed by atoms with Crippen LogP contribution in [0, 0.1) is 5.92 Å². The molecule has 104 valence electrons. The molecule has 1 aliphatic heterocycles. The molecule has 1 unspecified atom stereocenters. The zero-order valence-corrected chi connectivity index (χ0v) is 11.7. The van der Waals surface area contributed by atoms with E-state index in [-0.39, 0.29) is 12.1 Å². The molecular weight excluding hydrogens is 236 g/mol. The van der Waals surface area contributed by atoms with Gasteiger partial charge in [-0.05, 0) is 24.8 Å². The summed E-state index contributed by atoms with van der Waals surface area (Å²) in [5, 5.41) is 0. The maximum absolute atomic E-state index is 12.3. The first-order chi connectivity index (χ1) is 9.20. The highest BCUT2D eigenvalue weighted by atomic mass is 16.1. The normalized spacial score (nSPS) is 19.3. The largest absolute Gasteiger partial charge is 0.316 e. The van der Waals surface area contributed by atoms with Crippen LogP contribution in [0.15, 0.2) is 30.3 Å². The molecule has 1 fully saturated rings. The van der Waals surface area contributed by atoms with Crippen LogP contribution in [0.3, 0.4) is 0 Å². The maximum Gasteiger partial charge on any atom is 0.140 e. The molecule has 0 bridgehead atoms. The Balaban J connectivity index is 1.83. The molecule has 1 atom stereocenters. The van der Waals surface area contributed by atoms with Gasteiger partial charge in [0.1, 0.15) is 5.78 Å². The molecule has 19 heavy (non-hydrogen) atoms. The lowest BCUT2D eigenvalue weighted by atomic mass is 9.89. The summed E-state index contributed by atoms with van der Waals surface area (Å²) < 4.78 is 0. The fraction of sp³-hybridized carbons (Fsp3) is 0.562. The van der Waals surface area contributed by atoms with Crippen molar-refractivity contribution >= 4 is 5.78 Å². The third-order valence-corrected chi connectivity index (χ3v) is 4.09. The Hall–Kier alpha value is -1.19. The van der Waals surface area contributed by atoms with Gasteiger partial charge >= 0.3 is 0 Å². The first-order valence-corrected chi connectivity index (χ1v) is 7.27. The highest BCUT2D eigenvalue weighted by Crippen LogP contribution is 2.21. The highest BCUT2D eigenvalue weighted by Gasteiger charge is 2.26. The summed E-state index contributed by atoms with van der Waals surface area (Å²) in [6.45, 7) is 4.03. The molecule has 1 aromatic rings. The average molecular weight is 260 g/mol. The van der Waals surface area contributed by atoms with Gasteiger partial charge in [-0.15, -0.1) is 0 Å². The summed E-state index contributed by atoms with van der Waals surface area (Å²) in [4.78, 5) is 14.6. The topological polar surface area (TPSA) is 46.3 Å². The molecule has 0 saturated carbocycles. The number of carbonyl (C=O) groups excluding carboxylic acids is 1. The Bertz CT molecular complexity index is 396. The van der Waals surface area contributed by atoms with Crippen LogP contribution in [0.1, 0.15) is 31.7 Å². The second kappa shape index (κ2) is 6.83. The number of Topliss-reactive ketones (excluding diaryl/α,β-unsaturated/α-hetero) is 1. The third kappa shape index (κ3) is 3.88. The van der Waals surface area contributed by atoms with Gasteiger partial charge in [0.05, 0.1) is 6.17 Å². The lowest BCUT2D eigenvalue weighted by Crippen LogP contribution is -2.47. The van der Waals surface area contributed by atoms with Crippen molar-refractivity contribution in [3.05, 3.63) is 35.9 Å². The SMILES string of the molecule is CCC(N)N1CCC(C(=O)Cc2ccccc2)CC1. The van der Waals surface area contributed by atoms with Crippen molar-refractivity contribution in [2.75, 3.05) is 13.1 Å². The van der Waals surface area contributed by atoms with Crippen LogP contribution in [-0.4, -0.2) is 29.9 Å².